The summed E-state index contributed by atoms with van der Waals surface area (Å²) in [5, 5.41) is 1.24. The molecule has 3 unspecified atom stereocenters. The van der Waals surface area contributed by atoms with Crippen molar-refractivity contribution >= 4 is 154 Å². The molecule has 0 spiro atoms. The van der Waals surface area contributed by atoms with E-state index in [0.717, 1.165) is 109 Å². The second-order valence-electron chi connectivity index (χ2n) is 27.8. The molecule has 0 radical (unpaired) electrons. The van der Waals surface area contributed by atoms with E-state index in [1.54, 1.807) is 11.8 Å². The van der Waals surface area contributed by atoms with Gasteiger partial charge in [-0.15, -0.1) is 11.3 Å². The van der Waals surface area contributed by atoms with E-state index >= 15 is 0 Å². The van der Waals surface area contributed by atoms with E-state index in [1.165, 1.54) is 118 Å². The number of carbonyl (C=O) groups excluding carboxylic acids is 6. The minimum absolute atomic E-state index is 0. The normalized spacial score (nSPS) is 13.1. The molecule has 1 aromatic rings. The average molecular weight is 1570 g/mol. The van der Waals surface area contributed by atoms with Crippen LogP contribution in [0.5, 0.6) is 0 Å². The van der Waals surface area contributed by atoms with Gasteiger partial charge in [0.1, 0.15) is 23.1 Å². The zero-order chi connectivity index (χ0) is 73.5. The highest BCUT2D eigenvalue weighted by molar-refractivity contribution is 8.77. The number of nitrogens with zero attached hydrogens (tertiary/aromatic N) is 2. The quantitative estimate of drug-likeness (QED) is 0.0372. The smallest absolute Gasteiger partial charge is 0.305 e. The average Bonchev–Trinajstić information content (AvgIpc) is 1.73. The van der Waals surface area contributed by atoms with Gasteiger partial charge in [0.05, 0.1) is 24.9 Å². The van der Waals surface area contributed by atoms with Crippen LogP contribution in [0.3, 0.4) is 0 Å². The van der Waals surface area contributed by atoms with Gasteiger partial charge in [-0.25, -0.2) is 4.98 Å². The van der Waals surface area contributed by atoms with Crippen molar-refractivity contribution in [2.45, 2.75) is 292 Å². The number of carbonyl (C=O) groups is 6. The lowest BCUT2D eigenvalue weighted by atomic mass is 9.95. The summed E-state index contributed by atoms with van der Waals surface area (Å²) in [5.41, 5.74) is 6.72. The number of esters is 2. The van der Waals surface area contributed by atoms with Crippen LogP contribution in [-0.4, -0.2) is 142 Å². The maximum atomic E-state index is 11.7. The molecule has 1 aliphatic carbocycles. The van der Waals surface area contributed by atoms with Crippen molar-refractivity contribution in [1.82, 2.24) is 9.88 Å². The summed E-state index contributed by atoms with van der Waals surface area (Å²) in [5.74, 6) is 17.0. The van der Waals surface area contributed by atoms with Crippen molar-refractivity contribution in [1.29, 1.82) is 0 Å². The number of ketones is 4. The van der Waals surface area contributed by atoms with Crippen molar-refractivity contribution in [3.05, 3.63) is 15.6 Å². The van der Waals surface area contributed by atoms with Crippen LogP contribution in [0.2, 0.25) is 0 Å². The molecule has 0 amide bonds. The van der Waals surface area contributed by atoms with Crippen molar-refractivity contribution in [3.63, 3.8) is 0 Å². The van der Waals surface area contributed by atoms with Crippen LogP contribution in [0.25, 0.3) is 0 Å². The van der Waals surface area contributed by atoms with Gasteiger partial charge in [-0.3, -0.25) is 28.9 Å². The van der Waals surface area contributed by atoms with Crippen LogP contribution in [0.1, 0.15) is 276 Å². The number of methoxy groups -OCH3 is 2. The number of hydrogen-bond donors (Lipinski definition) is 1. The minimum Gasteiger partial charge on any atom is -0.469 e. The molecule has 1 aromatic heterocycles. The molecule has 3 atom stereocenters. The molecule has 0 fully saturated rings. The first-order valence-corrected chi connectivity index (χ1v) is 49.5. The number of fused-ring (bicyclic) bond motifs is 1. The molecule has 1 aliphatic rings. The predicted octanol–water partition coefficient (Wildman–Crippen LogP) is 23.7. The van der Waals surface area contributed by atoms with Crippen LogP contribution < -0.4 is 5.73 Å². The third-order valence-electron chi connectivity index (χ3n) is 14.2. The Morgan fingerprint density at radius 1 is 0.495 bits per heavy atom. The largest absolute Gasteiger partial charge is 0.469 e. The topological polar surface area (TPSA) is 163 Å². The maximum Gasteiger partial charge on any atom is 0.305 e. The highest BCUT2D eigenvalue weighted by Crippen LogP contribution is 2.31. The number of Topliss-reactive ketones (excluding diaryl/α,β-unsaturated/α-hetero) is 4. The van der Waals surface area contributed by atoms with Crippen LogP contribution in [0.4, 0.5) is 0 Å². The van der Waals surface area contributed by atoms with E-state index in [4.69, 9.17) is 5.73 Å². The Labute approximate surface area is 642 Å². The maximum absolute atomic E-state index is 11.7. The number of rotatable bonds is 52. The van der Waals surface area contributed by atoms with Gasteiger partial charge in [0.2, 0.25) is 0 Å². The van der Waals surface area contributed by atoms with Crippen LogP contribution in [0.15, 0.2) is 0 Å². The number of thiazole rings is 1. The van der Waals surface area contributed by atoms with Crippen LogP contribution in [-0.2, 0) is 51.1 Å². The summed E-state index contributed by atoms with van der Waals surface area (Å²) in [6.45, 7) is 43.3. The van der Waals surface area contributed by atoms with Crippen LogP contribution in [0, 0.1) is 54.3 Å². The highest BCUT2D eigenvalue weighted by atomic mass is 33.1. The number of aryl methyl sites for hydroxylation is 2. The molecule has 2 N–H and O–H groups in total. The third kappa shape index (κ3) is 80.6. The Morgan fingerprint density at radius 3 is 1.18 bits per heavy atom. The molecule has 11 nitrogen and oxygen atoms in total. The lowest BCUT2D eigenvalue weighted by Gasteiger charge is -2.36. The van der Waals surface area contributed by atoms with Gasteiger partial charge < -0.3 is 20.0 Å². The zero-order valence-electron chi connectivity index (χ0n) is 64.5. The third-order valence-corrected chi connectivity index (χ3v) is 27.8. The SMILES string of the molecule is C.CC(=O)CC(C)CC(=O)CCCSSCCC(C)C.CC(C)CCSSCCCC(=O)CC(C)C.CC(C)CCSSCCN.CCCN(C(C)C)C1CCc2nc(C)sc2C1.COC(=O)CC(C)CC(=O)CCCSSCCC(C)C.COC(=O)CCCSSCCC(C)C. The van der Waals surface area contributed by atoms with Gasteiger partial charge >= 0.3 is 11.9 Å². The molecular formula is C75H147N3O8S11. The Bertz CT molecular complexity index is 2000. The van der Waals surface area contributed by atoms with Crippen molar-refractivity contribution in [3.8, 4) is 0 Å². The van der Waals surface area contributed by atoms with E-state index in [2.05, 4.69) is 130 Å². The van der Waals surface area contributed by atoms with E-state index in [0.29, 0.717) is 68.5 Å². The summed E-state index contributed by atoms with van der Waals surface area (Å²) in [7, 11) is 21.8. The number of aromatic nitrogens is 1. The van der Waals surface area contributed by atoms with Gasteiger partial charge in [0.15, 0.2) is 0 Å². The molecule has 0 aliphatic heterocycles. The Kier molecular flexibility index (Phi) is 82.1. The van der Waals surface area contributed by atoms with Crippen LogP contribution >= 0.6 is 119 Å². The van der Waals surface area contributed by atoms with Crippen molar-refractivity contribution in [2.75, 3.05) is 84.8 Å². The first-order chi connectivity index (χ1) is 45.4. The second kappa shape index (κ2) is 74.9. The van der Waals surface area contributed by atoms with Gasteiger partial charge in [0, 0.05) is 139 Å². The number of nitrogens with two attached hydrogens (primary N) is 1. The van der Waals surface area contributed by atoms with E-state index in [1.807, 2.05) is 133 Å². The molecule has 22 heteroatoms. The first-order valence-electron chi connectivity index (χ1n) is 36.2. The van der Waals surface area contributed by atoms with E-state index < -0.39 is 0 Å². The summed E-state index contributed by atoms with van der Waals surface area (Å²) >= 11 is 1.90. The number of hydrogen-bond acceptors (Lipinski definition) is 22. The molecule has 2 rings (SSSR count). The summed E-state index contributed by atoms with van der Waals surface area (Å²) in [4.78, 5) is 76.4. The Balaban J connectivity index is -0.000000352. The lowest BCUT2D eigenvalue weighted by molar-refractivity contribution is -0.142. The molecule has 576 valence electrons. The first kappa shape index (κ1) is 106. The minimum atomic E-state index is -0.234. The van der Waals surface area contributed by atoms with E-state index in [9.17, 15) is 28.8 Å². The predicted molar refractivity (Wildman–Crippen MR) is 455 cm³/mol. The lowest BCUT2D eigenvalue weighted by Crippen LogP contribution is -2.43. The number of ether oxygens (including phenoxy) is 2. The molecule has 1 heterocycles. The van der Waals surface area contributed by atoms with Crippen molar-refractivity contribution in [2.24, 2.45) is 53.1 Å². The van der Waals surface area contributed by atoms with Gasteiger partial charge in [-0.2, -0.15) is 0 Å². The summed E-state index contributed by atoms with van der Waals surface area (Å²) in [6, 6.07) is 1.40. The summed E-state index contributed by atoms with van der Waals surface area (Å²) in [6.07, 6.45) is 20.5. The molecular weight excluding hydrogens is 1420 g/mol. The van der Waals surface area contributed by atoms with Gasteiger partial charge in [-0.05, 0) is 165 Å². The van der Waals surface area contributed by atoms with E-state index in [-0.39, 0.29) is 42.8 Å². The molecule has 0 bridgehead atoms. The molecule has 0 saturated carbocycles. The molecule has 97 heavy (non-hydrogen) atoms. The fraction of sp³-hybridized carbons (Fsp3) is 0.880. The summed E-state index contributed by atoms with van der Waals surface area (Å²) < 4.78 is 9.15. The zero-order valence-corrected chi connectivity index (χ0v) is 73.5. The monoisotopic (exact) mass is 1570 g/mol. The second-order valence-corrected chi connectivity index (χ2v) is 42.6. The van der Waals surface area contributed by atoms with Gasteiger partial charge in [-0.1, -0.05) is 219 Å². The van der Waals surface area contributed by atoms with Gasteiger partial charge in [0.25, 0.3) is 0 Å². The molecule has 0 aromatic carbocycles. The Hall–Kier alpha value is 0.670. The highest BCUT2D eigenvalue weighted by Gasteiger charge is 2.27. The standard InChI is InChI=1S/C15H28O3S2.C15H28O2S2.C14H24N2S.C13H26OS2.C10H20O2S2.C7H17NS2.CH4/c1-12(2)7-9-20-19-8-5-6-14(16)10-13(3)11-15(17)18-4;1-12(2)7-9-19-18-8-5-6-15(17)11-13(3)10-14(4)16;1-5-8-16(10(2)3)12-6-7-13-14(9-12)17-11(4)15-13;1-11(2)7-9-16-15-8-5-6-13(14)10-12(3)4;1-9(2)6-8-14-13-7-4-5-10(11)12-3;1-7(2)3-5-9-10-6-4-8;/h12-13H,5-11H2,1-4H3;12-13H,5-11H2,1-4H3;10,12H,5-9H2,1-4H3;11-12H,5-10H2,1-4H3;9H,4-8H2,1-3H3;7H,3-6,8H2,1-2H3;1H4. The Morgan fingerprint density at radius 2 is 0.845 bits per heavy atom. The van der Waals surface area contributed by atoms with Crippen molar-refractivity contribution < 1.29 is 38.2 Å². The fourth-order valence-electron chi connectivity index (χ4n) is 8.85. The molecule has 0 saturated heterocycles. The fourth-order valence-corrected chi connectivity index (χ4v) is 21.7.